The number of carbonyl (C=O) groups excluding carboxylic acids is 2. The summed E-state index contributed by atoms with van der Waals surface area (Å²) < 4.78 is 60.5. The van der Waals surface area contributed by atoms with Crippen LogP contribution >= 0.6 is 11.6 Å². The summed E-state index contributed by atoms with van der Waals surface area (Å²) in [4.78, 5) is 24.9. The van der Waals surface area contributed by atoms with Crippen LogP contribution in [0.15, 0.2) is 48.5 Å². The number of rotatable bonds is 7. The summed E-state index contributed by atoms with van der Waals surface area (Å²) in [7, 11) is 0. The minimum atomic E-state index is -4.69. The Labute approximate surface area is 208 Å². The first kappa shape index (κ1) is 25.6. The monoisotopic (exact) mass is 524 g/mol. The van der Waals surface area contributed by atoms with Gasteiger partial charge >= 0.3 is 6.18 Å². The highest BCUT2D eigenvalue weighted by molar-refractivity contribution is 6.30. The maximum absolute atomic E-state index is 14.6. The first-order valence-electron chi connectivity index (χ1n) is 10.9. The number of nitrogens with zero attached hydrogens (tertiary/aromatic N) is 2. The highest BCUT2D eigenvalue weighted by Gasteiger charge is 2.35. The van der Waals surface area contributed by atoms with Crippen LogP contribution in [0.4, 0.5) is 17.6 Å². The van der Waals surface area contributed by atoms with Crippen molar-refractivity contribution in [3.8, 4) is 5.69 Å². The van der Waals surface area contributed by atoms with Gasteiger partial charge in [-0.05, 0) is 48.9 Å². The molecule has 1 saturated heterocycles. The summed E-state index contributed by atoms with van der Waals surface area (Å²) in [5, 5.41) is 9.14. The number of benzene rings is 2. The Hall–Kier alpha value is -3.44. The molecule has 0 saturated carbocycles. The zero-order valence-corrected chi connectivity index (χ0v) is 19.7. The van der Waals surface area contributed by atoms with Crippen molar-refractivity contribution in [1.82, 2.24) is 20.4 Å². The van der Waals surface area contributed by atoms with Gasteiger partial charge in [-0.15, -0.1) is 0 Å². The molecule has 1 atom stereocenters. The smallest absolute Gasteiger partial charge is 0.377 e. The van der Waals surface area contributed by atoms with Crippen molar-refractivity contribution in [1.29, 1.82) is 0 Å². The van der Waals surface area contributed by atoms with Crippen LogP contribution in [0, 0.1) is 5.82 Å². The van der Waals surface area contributed by atoms with Gasteiger partial charge in [-0.1, -0.05) is 23.7 Å². The third-order valence-electron chi connectivity index (χ3n) is 5.67. The molecule has 4 rings (SSSR count). The van der Waals surface area contributed by atoms with Gasteiger partial charge in [0.25, 0.3) is 5.91 Å². The summed E-state index contributed by atoms with van der Waals surface area (Å²) in [5.41, 5.74) is -0.622. The zero-order valence-electron chi connectivity index (χ0n) is 18.9. The van der Waals surface area contributed by atoms with Gasteiger partial charge in [0, 0.05) is 5.02 Å². The summed E-state index contributed by atoms with van der Waals surface area (Å²) in [6.45, 7) is 1.98. The molecule has 1 aliphatic heterocycles. The maximum atomic E-state index is 14.6. The number of carbonyl (C=O) groups is 2. The second-order valence-corrected chi connectivity index (χ2v) is 8.73. The average molecular weight is 525 g/mol. The van der Waals surface area contributed by atoms with E-state index in [0.717, 1.165) is 16.8 Å². The predicted octanol–water partition coefficient (Wildman–Crippen LogP) is 4.23. The molecule has 0 radical (unpaired) electrons. The third kappa shape index (κ3) is 5.68. The number of hydrogen-bond acceptors (Lipinski definition) is 4. The number of alkyl halides is 3. The first-order chi connectivity index (χ1) is 17.0. The molecule has 2 aromatic carbocycles. The van der Waals surface area contributed by atoms with E-state index in [9.17, 15) is 27.2 Å². The zero-order chi connectivity index (χ0) is 26.0. The lowest BCUT2D eigenvalue weighted by atomic mass is 9.98. The predicted molar refractivity (Wildman–Crippen MR) is 122 cm³/mol. The number of aromatic nitrogens is 2. The van der Waals surface area contributed by atoms with E-state index in [1.165, 1.54) is 31.2 Å². The highest BCUT2D eigenvalue weighted by atomic mass is 35.5. The number of hydrogen-bond donors (Lipinski definition) is 2. The molecule has 3 aromatic rings. The SMILES string of the molecule is CC(C(=O)NCc1cc(C(F)(F)F)nn1-c1cccc(Cl)c1)c1ccc(C(=O)NC2COC2)c(F)c1. The third-order valence-corrected chi connectivity index (χ3v) is 5.91. The van der Waals surface area contributed by atoms with Crippen LogP contribution in [-0.2, 0) is 22.3 Å². The average Bonchev–Trinajstić information content (AvgIpc) is 3.24. The normalized spacial score (nSPS) is 14.7. The minimum absolute atomic E-state index is 0.0725. The lowest BCUT2D eigenvalue weighted by Crippen LogP contribution is -2.48. The van der Waals surface area contributed by atoms with Crippen LogP contribution < -0.4 is 10.6 Å². The highest BCUT2D eigenvalue weighted by Crippen LogP contribution is 2.30. The van der Waals surface area contributed by atoms with Crippen molar-refractivity contribution < 1.29 is 31.9 Å². The van der Waals surface area contributed by atoms with E-state index in [-0.39, 0.29) is 23.8 Å². The van der Waals surface area contributed by atoms with E-state index in [0.29, 0.717) is 29.5 Å². The fourth-order valence-corrected chi connectivity index (χ4v) is 3.75. The van der Waals surface area contributed by atoms with Crippen molar-refractivity contribution in [3.63, 3.8) is 0 Å². The van der Waals surface area contributed by atoms with Gasteiger partial charge in [0.05, 0.1) is 48.7 Å². The fourth-order valence-electron chi connectivity index (χ4n) is 3.56. The van der Waals surface area contributed by atoms with E-state index < -0.39 is 35.4 Å². The van der Waals surface area contributed by atoms with Crippen molar-refractivity contribution >= 4 is 23.4 Å². The molecule has 1 unspecified atom stereocenters. The second-order valence-electron chi connectivity index (χ2n) is 8.30. The maximum Gasteiger partial charge on any atom is 0.435 e. The molecule has 36 heavy (non-hydrogen) atoms. The van der Waals surface area contributed by atoms with Crippen LogP contribution in [0.5, 0.6) is 0 Å². The van der Waals surface area contributed by atoms with Gasteiger partial charge in [-0.2, -0.15) is 18.3 Å². The minimum Gasteiger partial charge on any atom is -0.377 e. The molecular formula is C24H21ClF4N4O3. The quantitative estimate of drug-likeness (QED) is 0.453. The molecule has 1 aromatic heterocycles. The molecule has 12 heteroatoms. The number of ether oxygens (including phenoxy) is 1. The Balaban J connectivity index is 1.48. The van der Waals surface area contributed by atoms with Gasteiger partial charge in [-0.3, -0.25) is 9.59 Å². The molecular weight excluding hydrogens is 504 g/mol. The van der Waals surface area contributed by atoms with Crippen molar-refractivity contribution in [2.75, 3.05) is 13.2 Å². The molecule has 1 aliphatic rings. The first-order valence-corrected chi connectivity index (χ1v) is 11.3. The van der Waals surface area contributed by atoms with Gasteiger partial charge < -0.3 is 15.4 Å². The molecule has 2 N–H and O–H groups in total. The van der Waals surface area contributed by atoms with E-state index in [2.05, 4.69) is 15.7 Å². The van der Waals surface area contributed by atoms with Gasteiger partial charge in [0.2, 0.25) is 5.91 Å². The summed E-state index contributed by atoms with van der Waals surface area (Å²) >= 11 is 5.96. The Morgan fingerprint density at radius 1 is 1.19 bits per heavy atom. The largest absolute Gasteiger partial charge is 0.435 e. The molecule has 0 aliphatic carbocycles. The van der Waals surface area contributed by atoms with Crippen molar-refractivity contribution in [3.05, 3.63) is 81.9 Å². The van der Waals surface area contributed by atoms with Crippen LogP contribution in [0.25, 0.3) is 5.69 Å². The summed E-state index contributed by atoms with van der Waals surface area (Å²) in [6.07, 6.45) is -4.69. The van der Waals surface area contributed by atoms with Crippen LogP contribution in [0.2, 0.25) is 5.02 Å². The molecule has 2 heterocycles. The molecule has 0 bridgehead atoms. The van der Waals surface area contributed by atoms with E-state index in [1.807, 2.05) is 0 Å². The topological polar surface area (TPSA) is 85.2 Å². The second kappa shape index (κ2) is 10.3. The van der Waals surface area contributed by atoms with Crippen LogP contribution in [0.3, 0.4) is 0 Å². The van der Waals surface area contributed by atoms with E-state index in [4.69, 9.17) is 16.3 Å². The van der Waals surface area contributed by atoms with Gasteiger partial charge in [0.1, 0.15) is 5.82 Å². The number of amides is 2. The number of nitrogens with one attached hydrogen (secondary N) is 2. The number of halogens is 5. The Kier molecular flexibility index (Phi) is 7.32. The Bertz CT molecular complexity index is 1290. The summed E-state index contributed by atoms with van der Waals surface area (Å²) in [5.74, 6) is -2.77. The van der Waals surface area contributed by atoms with E-state index in [1.54, 1.807) is 12.1 Å². The standard InChI is InChI=1S/C24H21ClF4N4O3/c1-13(14-5-6-19(20(26)7-14)23(35)31-16-11-36-12-16)22(34)30-10-18-9-21(24(27,28)29)32-33(18)17-4-2-3-15(25)8-17/h2-9,13,16H,10-12H2,1H3,(H,30,34)(H,31,35). The molecule has 190 valence electrons. The van der Waals surface area contributed by atoms with Gasteiger partial charge in [0.15, 0.2) is 5.69 Å². The Morgan fingerprint density at radius 3 is 2.56 bits per heavy atom. The lowest BCUT2D eigenvalue weighted by molar-refractivity contribution is -0.141. The van der Waals surface area contributed by atoms with Gasteiger partial charge in [-0.25, -0.2) is 9.07 Å². The summed E-state index contributed by atoms with van der Waals surface area (Å²) in [6, 6.07) is 10.6. The Morgan fingerprint density at radius 2 is 1.94 bits per heavy atom. The molecule has 2 amide bonds. The van der Waals surface area contributed by atoms with Crippen molar-refractivity contribution in [2.45, 2.75) is 31.6 Å². The molecule has 0 spiro atoms. The molecule has 7 nitrogen and oxygen atoms in total. The molecule has 1 fully saturated rings. The van der Waals surface area contributed by atoms with E-state index >= 15 is 0 Å². The van der Waals surface area contributed by atoms with Crippen LogP contribution in [-0.4, -0.2) is 40.9 Å². The fraction of sp³-hybridized carbons (Fsp3) is 0.292. The lowest BCUT2D eigenvalue weighted by Gasteiger charge is -2.26. The van der Waals surface area contributed by atoms with Crippen LogP contribution in [0.1, 0.15) is 40.2 Å². The van der Waals surface area contributed by atoms with Crippen molar-refractivity contribution in [2.24, 2.45) is 0 Å².